The topological polar surface area (TPSA) is 78.4 Å². The van der Waals surface area contributed by atoms with Gasteiger partial charge in [-0.25, -0.2) is 13.1 Å². The second kappa shape index (κ2) is 7.77. The molecule has 0 aromatic heterocycles. The van der Waals surface area contributed by atoms with E-state index in [4.69, 9.17) is 0 Å². The SMILES string of the molecule is CCCNS(=O)(=O)c1ccccc1NCC(C)(O)CCC. The average molecular weight is 314 g/mol. The molecule has 6 heteroatoms. The van der Waals surface area contributed by atoms with Crippen molar-refractivity contribution >= 4 is 15.7 Å². The molecule has 120 valence electrons. The smallest absolute Gasteiger partial charge is 0.242 e. The molecule has 0 spiro atoms. The number of anilines is 1. The van der Waals surface area contributed by atoms with Gasteiger partial charge >= 0.3 is 0 Å². The number of rotatable bonds is 9. The van der Waals surface area contributed by atoms with Crippen LogP contribution in [0.25, 0.3) is 0 Å². The normalized spacial score (nSPS) is 14.7. The molecule has 1 aromatic rings. The van der Waals surface area contributed by atoms with Crippen molar-refractivity contribution in [1.29, 1.82) is 0 Å². The van der Waals surface area contributed by atoms with Gasteiger partial charge < -0.3 is 10.4 Å². The van der Waals surface area contributed by atoms with E-state index in [0.29, 0.717) is 25.2 Å². The van der Waals surface area contributed by atoms with Crippen molar-refractivity contribution in [3.63, 3.8) is 0 Å². The number of hydrogen-bond donors (Lipinski definition) is 3. The fraction of sp³-hybridized carbons (Fsp3) is 0.600. The number of sulfonamides is 1. The highest BCUT2D eigenvalue weighted by Gasteiger charge is 2.21. The first kappa shape index (κ1) is 17.9. The second-order valence-electron chi connectivity index (χ2n) is 5.49. The summed E-state index contributed by atoms with van der Waals surface area (Å²) in [6.45, 7) is 6.37. The lowest BCUT2D eigenvalue weighted by atomic mass is 10.0. The van der Waals surface area contributed by atoms with Gasteiger partial charge in [-0.15, -0.1) is 0 Å². The summed E-state index contributed by atoms with van der Waals surface area (Å²) in [6, 6.07) is 6.74. The van der Waals surface area contributed by atoms with Gasteiger partial charge in [-0.1, -0.05) is 32.4 Å². The highest BCUT2D eigenvalue weighted by Crippen LogP contribution is 2.22. The predicted octanol–water partition coefficient (Wildman–Crippen LogP) is 2.34. The number of benzene rings is 1. The van der Waals surface area contributed by atoms with Crippen LogP contribution in [0.15, 0.2) is 29.2 Å². The van der Waals surface area contributed by atoms with E-state index in [2.05, 4.69) is 10.0 Å². The van der Waals surface area contributed by atoms with E-state index in [1.165, 1.54) is 0 Å². The van der Waals surface area contributed by atoms with Crippen molar-refractivity contribution in [1.82, 2.24) is 4.72 Å². The van der Waals surface area contributed by atoms with E-state index in [1.807, 2.05) is 13.8 Å². The molecule has 0 fully saturated rings. The number of para-hydroxylation sites is 1. The third-order valence-corrected chi connectivity index (χ3v) is 4.69. The molecular formula is C15H26N2O3S. The third-order valence-electron chi connectivity index (χ3n) is 3.17. The van der Waals surface area contributed by atoms with Gasteiger partial charge in [-0.3, -0.25) is 0 Å². The Labute approximate surface area is 127 Å². The Morgan fingerprint density at radius 2 is 1.86 bits per heavy atom. The van der Waals surface area contributed by atoms with Crippen LogP contribution < -0.4 is 10.0 Å². The molecule has 5 nitrogen and oxygen atoms in total. The van der Waals surface area contributed by atoms with Crippen LogP contribution in [-0.2, 0) is 10.0 Å². The van der Waals surface area contributed by atoms with Crippen molar-refractivity contribution in [3.8, 4) is 0 Å². The maximum Gasteiger partial charge on any atom is 0.242 e. The molecule has 1 atom stereocenters. The van der Waals surface area contributed by atoms with E-state index in [-0.39, 0.29) is 4.90 Å². The molecular weight excluding hydrogens is 288 g/mol. The van der Waals surface area contributed by atoms with Gasteiger partial charge in [0.25, 0.3) is 0 Å². The molecule has 0 aliphatic rings. The first-order valence-electron chi connectivity index (χ1n) is 7.37. The van der Waals surface area contributed by atoms with Gasteiger partial charge in [0, 0.05) is 13.1 Å². The van der Waals surface area contributed by atoms with E-state index in [1.54, 1.807) is 31.2 Å². The Hall–Kier alpha value is -1.11. The lowest BCUT2D eigenvalue weighted by Crippen LogP contribution is -2.34. The van der Waals surface area contributed by atoms with Gasteiger partial charge in [0.2, 0.25) is 10.0 Å². The first-order valence-corrected chi connectivity index (χ1v) is 8.85. The zero-order valence-electron chi connectivity index (χ0n) is 13.0. The minimum atomic E-state index is -3.53. The molecule has 1 unspecified atom stereocenters. The van der Waals surface area contributed by atoms with Crippen molar-refractivity contribution in [2.24, 2.45) is 0 Å². The molecule has 0 aliphatic heterocycles. The Morgan fingerprint density at radius 1 is 1.19 bits per heavy atom. The van der Waals surface area contributed by atoms with Crippen LogP contribution in [0.2, 0.25) is 0 Å². The molecule has 0 amide bonds. The highest BCUT2D eigenvalue weighted by molar-refractivity contribution is 7.89. The van der Waals surface area contributed by atoms with Crippen LogP contribution in [0.1, 0.15) is 40.0 Å². The van der Waals surface area contributed by atoms with E-state index in [9.17, 15) is 13.5 Å². The molecule has 3 N–H and O–H groups in total. The first-order chi connectivity index (χ1) is 9.82. The number of nitrogens with one attached hydrogen (secondary N) is 2. The largest absolute Gasteiger partial charge is 0.388 e. The third kappa shape index (κ3) is 5.65. The molecule has 21 heavy (non-hydrogen) atoms. The van der Waals surface area contributed by atoms with Crippen LogP contribution in [0.5, 0.6) is 0 Å². The van der Waals surface area contributed by atoms with Crippen molar-refractivity contribution in [2.45, 2.75) is 50.5 Å². The van der Waals surface area contributed by atoms with E-state index < -0.39 is 15.6 Å². The highest BCUT2D eigenvalue weighted by atomic mass is 32.2. The fourth-order valence-corrected chi connectivity index (χ4v) is 3.39. The minimum absolute atomic E-state index is 0.214. The number of aliphatic hydroxyl groups is 1. The maximum atomic E-state index is 12.2. The Kier molecular flexibility index (Phi) is 6.64. The van der Waals surface area contributed by atoms with E-state index in [0.717, 1.165) is 12.8 Å². The summed E-state index contributed by atoms with van der Waals surface area (Å²) in [5, 5.41) is 13.2. The molecule has 0 saturated heterocycles. The molecule has 1 rings (SSSR count). The molecule has 0 radical (unpaired) electrons. The summed E-state index contributed by atoms with van der Waals surface area (Å²) in [5.41, 5.74) is -0.347. The quantitative estimate of drug-likeness (QED) is 0.654. The molecule has 0 heterocycles. The minimum Gasteiger partial charge on any atom is -0.388 e. The molecule has 0 bridgehead atoms. The summed E-state index contributed by atoms with van der Waals surface area (Å²) in [5.74, 6) is 0. The van der Waals surface area contributed by atoms with Gasteiger partial charge in [0.1, 0.15) is 4.90 Å². The Bertz CT molecular complexity index is 542. The maximum absolute atomic E-state index is 12.2. The van der Waals surface area contributed by atoms with Crippen molar-refractivity contribution in [3.05, 3.63) is 24.3 Å². The van der Waals surface area contributed by atoms with Crippen LogP contribution in [0, 0.1) is 0 Å². The lowest BCUT2D eigenvalue weighted by Gasteiger charge is -2.24. The fourth-order valence-electron chi connectivity index (χ4n) is 2.07. The van der Waals surface area contributed by atoms with Gasteiger partial charge in [0.15, 0.2) is 0 Å². The van der Waals surface area contributed by atoms with Gasteiger partial charge in [-0.05, 0) is 31.9 Å². The van der Waals surface area contributed by atoms with Crippen LogP contribution in [0.4, 0.5) is 5.69 Å². The summed E-state index contributed by atoms with van der Waals surface area (Å²) >= 11 is 0. The lowest BCUT2D eigenvalue weighted by molar-refractivity contribution is 0.0636. The number of hydrogen-bond acceptors (Lipinski definition) is 4. The molecule has 0 aliphatic carbocycles. The zero-order chi connectivity index (χ0) is 15.9. The van der Waals surface area contributed by atoms with Crippen molar-refractivity contribution in [2.75, 3.05) is 18.4 Å². The zero-order valence-corrected chi connectivity index (χ0v) is 13.8. The van der Waals surface area contributed by atoms with Crippen LogP contribution in [-0.4, -0.2) is 32.2 Å². The van der Waals surface area contributed by atoms with E-state index >= 15 is 0 Å². The Morgan fingerprint density at radius 3 is 2.48 bits per heavy atom. The second-order valence-corrected chi connectivity index (χ2v) is 7.23. The Balaban J connectivity index is 2.90. The summed E-state index contributed by atoms with van der Waals surface area (Å²) in [6.07, 6.45) is 2.26. The van der Waals surface area contributed by atoms with Crippen molar-refractivity contribution < 1.29 is 13.5 Å². The predicted molar refractivity (Wildman–Crippen MR) is 85.9 cm³/mol. The molecule has 1 aromatic carbocycles. The monoisotopic (exact) mass is 314 g/mol. The average Bonchev–Trinajstić information content (AvgIpc) is 2.43. The summed E-state index contributed by atoms with van der Waals surface area (Å²) in [7, 11) is -3.53. The summed E-state index contributed by atoms with van der Waals surface area (Å²) in [4.78, 5) is 0.214. The standard InChI is InChI=1S/C15H26N2O3S/c1-4-10-15(3,18)12-16-13-8-6-7-9-14(13)21(19,20)17-11-5-2/h6-9,16-18H,4-5,10-12H2,1-3H3. The summed E-state index contributed by atoms with van der Waals surface area (Å²) < 4.78 is 27.1. The van der Waals surface area contributed by atoms with Crippen LogP contribution >= 0.6 is 0 Å². The van der Waals surface area contributed by atoms with Crippen LogP contribution in [0.3, 0.4) is 0 Å². The van der Waals surface area contributed by atoms with Gasteiger partial charge in [0.05, 0.1) is 11.3 Å². The molecule has 0 saturated carbocycles. The van der Waals surface area contributed by atoms with Gasteiger partial charge in [-0.2, -0.15) is 0 Å².